The van der Waals surface area contributed by atoms with Crippen LogP contribution in [0.1, 0.15) is 6.42 Å². The predicted octanol–water partition coefficient (Wildman–Crippen LogP) is -0.872. The summed E-state index contributed by atoms with van der Waals surface area (Å²) in [4.78, 5) is 0. The van der Waals surface area contributed by atoms with Gasteiger partial charge in [0.2, 0.25) is 0 Å². The molecule has 0 saturated carbocycles. The van der Waals surface area contributed by atoms with E-state index in [-0.39, 0.29) is 5.75 Å². The minimum absolute atomic E-state index is 0.0729. The van der Waals surface area contributed by atoms with Gasteiger partial charge in [-0.2, -0.15) is 8.42 Å². The molecule has 0 spiro atoms. The topological polar surface area (TPSA) is 138 Å². The molecular formula is C3H9NaO8S3. The average Bonchev–Trinajstić information content (AvgIpc) is 1.97. The van der Waals surface area contributed by atoms with Gasteiger partial charge in [-0.25, -0.2) is 0 Å². The zero-order valence-electron chi connectivity index (χ0n) is 7.73. The predicted molar refractivity (Wildman–Crippen MR) is 54.2 cm³/mol. The van der Waals surface area contributed by atoms with E-state index >= 15 is 0 Å². The molecular weight excluding hydrogens is 283 g/mol. The molecule has 0 fully saturated rings. The SMILES string of the molecule is O=S(=O)(O)CC[CH2][Na].O=S(O)OS(=O)O. The summed E-state index contributed by atoms with van der Waals surface area (Å²) in [7, 11) is -3.66. The van der Waals surface area contributed by atoms with Crippen molar-refractivity contribution in [2.24, 2.45) is 0 Å². The molecule has 0 aliphatic carbocycles. The summed E-state index contributed by atoms with van der Waals surface area (Å²) in [6.45, 7) is 0. The summed E-state index contributed by atoms with van der Waals surface area (Å²) >= 11 is -4.28. The van der Waals surface area contributed by atoms with Gasteiger partial charge in [0.05, 0.1) is 0 Å². The maximum atomic E-state index is 9.96. The fourth-order valence-electron chi connectivity index (χ4n) is 0.377. The summed E-state index contributed by atoms with van der Waals surface area (Å²) in [6, 6.07) is 0. The van der Waals surface area contributed by atoms with E-state index in [4.69, 9.17) is 13.7 Å². The molecule has 0 saturated heterocycles. The Bertz CT molecular complexity index is 286. The van der Waals surface area contributed by atoms with E-state index in [1.165, 1.54) is 0 Å². The van der Waals surface area contributed by atoms with E-state index in [9.17, 15) is 16.8 Å². The molecule has 0 aromatic carbocycles. The van der Waals surface area contributed by atoms with Crippen molar-refractivity contribution in [3.05, 3.63) is 0 Å². The normalized spacial score (nSPS) is 15.0. The number of hydrogen-bond donors (Lipinski definition) is 3. The van der Waals surface area contributed by atoms with Crippen LogP contribution in [0.2, 0.25) is 3.67 Å². The van der Waals surface area contributed by atoms with Crippen LogP contribution in [0, 0.1) is 0 Å². The Morgan fingerprint density at radius 2 is 1.60 bits per heavy atom. The van der Waals surface area contributed by atoms with Gasteiger partial charge in [0, 0.05) is 0 Å². The van der Waals surface area contributed by atoms with Gasteiger partial charge >= 0.3 is 89.6 Å². The molecule has 0 aromatic heterocycles. The van der Waals surface area contributed by atoms with Gasteiger partial charge in [-0.1, -0.05) is 0 Å². The monoisotopic (exact) mass is 292 g/mol. The third-order valence-corrected chi connectivity index (χ3v) is 3.32. The molecule has 0 aliphatic heterocycles. The summed E-state index contributed by atoms with van der Waals surface area (Å²) in [5, 5.41) is 0. The van der Waals surface area contributed by atoms with E-state index in [0.29, 0.717) is 6.42 Å². The van der Waals surface area contributed by atoms with Crippen molar-refractivity contribution in [2.75, 3.05) is 5.75 Å². The van der Waals surface area contributed by atoms with Gasteiger partial charge in [-0.05, 0) is 0 Å². The largest absolute Gasteiger partial charge is 0.317 e. The molecule has 0 radical (unpaired) electrons. The van der Waals surface area contributed by atoms with Crippen LogP contribution in [0.4, 0.5) is 0 Å². The Balaban J connectivity index is 0. The quantitative estimate of drug-likeness (QED) is 0.337. The molecule has 88 valence electrons. The summed E-state index contributed by atoms with van der Waals surface area (Å²) in [5.74, 6) is -0.0729. The van der Waals surface area contributed by atoms with Crippen molar-refractivity contribution in [2.45, 2.75) is 10.1 Å². The van der Waals surface area contributed by atoms with Crippen LogP contribution in [-0.4, -0.2) is 64.2 Å². The molecule has 0 rings (SSSR count). The average molecular weight is 292 g/mol. The zero-order chi connectivity index (χ0) is 12.5. The first-order valence-corrected chi connectivity index (χ1v) is 8.63. The second-order valence-corrected chi connectivity index (χ2v) is 6.13. The smallest absolute Gasteiger partial charge is 0.283 e. The maximum Gasteiger partial charge on any atom is 0.317 e. The number of hydrogen-bond acceptors (Lipinski definition) is 5. The van der Waals surface area contributed by atoms with Crippen LogP contribution in [0.25, 0.3) is 0 Å². The molecule has 0 heterocycles. The molecule has 0 bridgehead atoms. The van der Waals surface area contributed by atoms with Crippen molar-refractivity contribution in [1.29, 1.82) is 0 Å². The Morgan fingerprint density at radius 1 is 1.20 bits per heavy atom. The molecule has 3 N–H and O–H groups in total. The van der Waals surface area contributed by atoms with Crippen molar-refractivity contribution >= 4 is 60.8 Å². The Hall–Kier alpha value is 1.09. The van der Waals surface area contributed by atoms with Gasteiger partial charge in [0.1, 0.15) is 0 Å². The first-order valence-electron chi connectivity index (χ1n) is 3.54. The van der Waals surface area contributed by atoms with Crippen LogP contribution >= 0.6 is 0 Å². The molecule has 8 nitrogen and oxygen atoms in total. The summed E-state index contributed by atoms with van der Waals surface area (Å²) in [6.07, 6.45) is 0.602. The zero-order valence-corrected chi connectivity index (χ0v) is 12.2. The van der Waals surface area contributed by atoms with Gasteiger partial charge in [0.15, 0.2) is 0 Å². The van der Waals surface area contributed by atoms with E-state index in [2.05, 4.69) is 3.63 Å². The first kappa shape index (κ1) is 18.5. The van der Waals surface area contributed by atoms with Crippen molar-refractivity contribution in [3.8, 4) is 0 Å². The summed E-state index contributed by atoms with van der Waals surface area (Å²) in [5.41, 5.74) is 0. The summed E-state index contributed by atoms with van der Waals surface area (Å²) < 4.78 is 66.2. The Labute approximate surface area is 110 Å². The fourth-order valence-corrected chi connectivity index (χ4v) is 2.29. The standard InChI is InChI=1S/C3H7O3S.Na.H2O5S2/c1-2-3-7(4,5)6;;1-6(2)5-7(3)4/h1-3H2,(H,4,5,6);;(H,1,2)(H,3,4). The van der Waals surface area contributed by atoms with Crippen molar-refractivity contribution in [1.82, 2.24) is 0 Å². The van der Waals surface area contributed by atoms with Crippen LogP contribution in [0.15, 0.2) is 0 Å². The molecule has 0 unspecified atom stereocenters. The molecule has 0 aromatic rings. The van der Waals surface area contributed by atoms with Gasteiger partial charge in [-0.3, -0.25) is 9.11 Å². The molecule has 0 amide bonds. The van der Waals surface area contributed by atoms with Gasteiger partial charge in [-0.15, -0.1) is 3.63 Å². The van der Waals surface area contributed by atoms with Crippen LogP contribution in [-0.2, 0) is 36.5 Å². The molecule has 0 atom stereocenters. The van der Waals surface area contributed by atoms with Crippen LogP contribution in [0.5, 0.6) is 0 Å². The van der Waals surface area contributed by atoms with Crippen molar-refractivity contribution < 1.29 is 34.1 Å². The van der Waals surface area contributed by atoms with Gasteiger partial charge in [0.25, 0.3) is 0 Å². The van der Waals surface area contributed by atoms with E-state index < -0.39 is 32.8 Å². The Kier molecular flexibility index (Phi) is 12.6. The van der Waals surface area contributed by atoms with Gasteiger partial charge < -0.3 is 0 Å². The second-order valence-electron chi connectivity index (χ2n) is 2.14. The fraction of sp³-hybridized carbons (Fsp3) is 1.00. The molecule has 15 heavy (non-hydrogen) atoms. The van der Waals surface area contributed by atoms with E-state index in [1.807, 2.05) is 0 Å². The second kappa shape index (κ2) is 10.3. The van der Waals surface area contributed by atoms with Crippen molar-refractivity contribution in [3.63, 3.8) is 0 Å². The minimum atomic E-state index is -3.66. The van der Waals surface area contributed by atoms with Crippen LogP contribution in [0.3, 0.4) is 0 Å². The third kappa shape index (κ3) is 25.4. The maximum absolute atomic E-state index is 9.96. The van der Waals surface area contributed by atoms with E-state index in [0.717, 1.165) is 31.6 Å². The molecule has 0 aliphatic rings. The third-order valence-electron chi connectivity index (χ3n) is 0.872. The first-order chi connectivity index (χ1) is 6.69. The van der Waals surface area contributed by atoms with Crippen LogP contribution < -0.4 is 0 Å². The molecule has 12 heteroatoms. The number of rotatable bonds is 5. The Morgan fingerprint density at radius 3 is 1.67 bits per heavy atom. The minimum Gasteiger partial charge on any atom is -0.283 e. The van der Waals surface area contributed by atoms with E-state index in [1.54, 1.807) is 0 Å².